The molecule has 0 aliphatic rings. The lowest BCUT2D eigenvalue weighted by Gasteiger charge is -2.04. The van der Waals surface area contributed by atoms with Gasteiger partial charge in [0, 0.05) is 24.9 Å². The Hall–Kier alpha value is -1.16. The number of hydrogen-bond acceptors (Lipinski definition) is 3. The summed E-state index contributed by atoms with van der Waals surface area (Å²) in [6.07, 6.45) is 2.42. The monoisotopic (exact) mass is 227 g/mol. The topological polar surface area (TPSA) is 54.9 Å². The number of nitrogens with one attached hydrogen (secondary N) is 1. The molecule has 1 aromatic rings. The first-order valence-corrected chi connectivity index (χ1v) is 5.28. The summed E-state index contributed by atoms with van der Waals surface area (Å²) in [4.78, 5) is 19.3. The number of amides is 1. The van der Waals surface area contributed by atoms with E-state index >= 15 is 0 Å². The fourth-order valence-electron chi connectivity index (χ4n) is 1.06. The van der Waals surface area contributed by atoms with Crippen LogP contribution in [0.1, 0.15) is 17.1 Å². The van der Waals surface area contributed by atoms with Crippen molar-refractivity contribution in [3.8, 4) is 0 Å². The molecule has 0 aliphatic carbocycles. The minimum absolute atomic E-state index is 0.00617. The quantitative estimate of drug-likeness (QED) is 0.781. The van der Waals surface area contributed by atoms with E-state index in [9.17, 15) is 4.79 Å². The molecular formula is C10H14ClN3O. The molecule has 0 fully saturated rings. The summed E-state index contributed by atoms with van der Waals surface area (Å²) in [5.74, 6) is 0.571. The van der Waals surface area contributed by atoms with E-state index in [1.54, 1.807) is 6.20 Å². The molecule has 1 N–H and O–H groups in total. The van der Waals surface area contributed by atoms with Gasteiger partial charge in [-0.15, -0.1) is 11.6 Å². The number of aryl methyl sites for hydroxylation is 2. The highest BCUT2D eigenvalue weighted by Gasteiger charge is 2.01. The number of hydrogen-bond donors (Lipinski definition) is 1. The molecule has 0 spiro atoms. The summed E-state index contributed by atoms with van der Waals surface area (Å²) in [5, 5.41) is 2.66. The van der Waals surface area contributed by atoms with Gasteiger partial charge in [-0.3, -0.25) is 4.79 Å². The Labute approximate surface area is 94.1 Å². The molecule has 0 saturated carbocycles. The zero-order valence-corrected chi connectivity index (χ0v) is 9.64. The normalized spacial score (nSPS) is 10.1. The van der Waals surface area contributed by atoms with Crippen molar-refractivity contribution in [3.63, 3.8) is 0 Å². The van der Waals surface area contributed by atoms with Crippen LogP contribution in [0.5, 0.6) is 0 Å². The van der Waals surface area contributed by atoms with Crippen LogP contribution in [0.3, 0.4) is 0 Å². The van der Waals surface area contributed by atoms with Gasteiger partial charge < -0.3 is 5.32 Å². The largest absolute Gasteiger partial charge is 0.355 e. The predicted octanol–water partition coefficient (Wildman–Crippen LogP) is 0.991. The average Bonchev–Trinajstić information content (AvgIpc) is 2.23. The van der Waals surface area contributed by atoms with Gasteiger partial charge in [-0.1, -0.05) is 0 Å². The van der Waals surface area contributed by atoms with Gasteiger partial charge in [0.25, 0.3) is 0 Å². The van der Waals surface area contributed by atoms with Gasteiger partial charge >= 0.3 is 0 Å². The second-order valence-electron chi connectivity index (χ2n) is 3.29. The zero-order chi connectivity index (χ0) is 11.3. The molecule has 1 heterocycles. The summed E-state index contributed by atoms with van der Waals surface area (Å²) in [5.41, 5.74) is 2.05. The first-order valence-electron chi connectivity index (χ1n) is 4.75. The number of aromatic nitrogens is 2. The highest BCUT2D eigenvalue weighted by atomic mass is 35.5. The Morgan fingerprint density at radius 1 is 1.53 bits per heavy atom. The van der Waals surface area contributed by atoms with Gasteiger partial charge in [0.2, 0.25) is 5.91 Å². The van der Waals surface area contributed by atoms with Crippen LogP contribution in [0.4, 0.5) is 0 Å². The predicted molar refractivity (Wildman–Crippen MR) is 58.9 cm³/mol. The van der Waals surface area contributed by atoms with Crippen molar-refractivity contribution in [1.29, 1.82) is 0 Å². The van der Waals surface area contributed by atoms with Crippen molar-refractivity contribution in [2.75, 3.05) is 12.4 Å². The summed E-state index contributed by atoms with van der Waals surface area (Å²) in [7, 11) is 0. The van der Waals surface area contributed by atoms with E-state index in [1.165, 1.54) is 0 Å². The summed E-state index contributed by atoms with van der Waals surface area (Å²) in [6.45, 7) is 4.43. The smallest absolute Gasteiger partial charge is 0.234 e. The van der Waals surface area contributed by atoms with E-state index in [0.717, 1.165) is 17.1 Å². The van der Waals surface area contributed by atoms with Crippen molar-refractivity contribution in [2.24, 2.45) is 0 Å². The van der Waals surface area contributed by atoms with E-state index in [1.807, 2.05) is 13.8 Å². The van der Waals surface area contributed by atoms with Gasteiger partial charge in [0.15, 0.2) is 0 Å². The lowest BCUT2D eigenvalue weighted by atomic mass is 10.2. The molecule has 1 aromatic heterocycles. The Morgan fingerprint density at radius 3 is 2.87 bits per heavy atom. The van der Waals surface area contributed by atoms with Gasteiger partial charge in [0.1, 0.15) is 11.7 Å². The maximum atomic E-state index is 10.8. The maximum absolute atomic E-state index is 10.8. The molecule has 0 unspecified atom stereocenters. The molecule has 0 atom stereocenters. The minimum Gasteiger partial charge on any atom is -0.355 e. The molecule has 1 rings (SSSR count). The molecule has 5 heteroatoms. The van der Waals surface area contributed by atoms with Gasteiger partial charge in [0.05, 0.1) is 0 Å². The van der Waals surface area contributed by atoms with Gasteiger partial charge in [-0.05, 0) is 19.4 Å². The van der Waals surface area contributed by atoms with Crippen LogP contribution in [-0.2, 0) is 11.2 Å². The second-order valence-corrected chi connectivity index (χ2v) is 3.56. The van der Waals surface area contributed by atoms with Gasteiger partial charge in [-0.2, -0.15) is 0 Å². The van der Waals surface area contributed by atoms with Crippen LogP contribution in [0.25, 0.3) is 0 Å². The molecule has 0 aromatic carbocycles. The third kappa shape index (κ3) is 3.83. The fraction of sp³-hybridized carbons (Fsp3) is 0.500. The Bertz CT molecular complexity index is 355. The number of alkyl halides is 1. The molecular weight excluding hydrogens is 214 g/mol. The van der Waals surface area contributed by atoms with E-state index in [0.29, 0.717) is 13.0 Å². The molecule has 0 saturated heterocycles. The van der Waals surface area contributed by atoms with Crippen molar-refractivity contribution in [3.05, 3.63) is 23.3 Å². The lowest BCUT2D eigenvalue weighted by molar-refractivity contribution is -0.118. The van der Waals surface area contributed by atoms with Crippen molar-refractivity contribution in [2.45, 2.75) is 20.3 Å². The molecule has 82 valence electrons. The second kappa shape index (κ2) is 5.66. The Morgan fingerprint density at radius 2 is 2.27 bits per heavy atom. The van der Waals surface area contributed by atoms with E-state index in [4.69, 9.17) is 11.6 Å². The number of carbonyl (C=O) groups excluding carboxylic acids is 1. The average molecular weight is 228 g/mol. The molecule has 0 aliphatic heterocycles. The standard InChI is InChI=1S/C10H14ClN3O/c1-7-6-13-9(14-8(7)2)3-4-12-10(15)5-11/h6H,3-5H2,1-2H3,(H,12,15). The molecule has 1 amide bonds. The van der Waals surface area contributed by atoms with Crippen LogP contribution >= 0.6 is 11.6 Å². The number of rotatable bonds is 4. The molecule has 4 nitrogen and oxygen atoms in total. The highest BCUT2D eigenvalue weighted by molar-refractivity contribution is 6.27. The van der Waals surface area contributed by atoms with Gasteiger partial charge in [-0.25, -0.2) is 9.97 Å². The minimum atomic E-state index is -0.166. The molecule has 15 heavy (non-hydrogen) atoms. The lowest BCUT2D eigenvalue weighted by Crippen LogP contribution is -2.27. The van der Waals surface area contributed by atoms with Crippen LogP contribution in [0, 0.1) is 13.8 Å². The summed E-state index contributed by atoms with van der Waals surface area (Å²) >= 11 is 5.34. The van der Waals surface area contributed by atoms with E-state index in [-0.39, 0.29) is 11.8 Å². The van der Waals surface area contributed by atoms with Crippen LogP contribution in [0.15, 0.2) is 6.20 Å². The van der Waals surface area contributed by atoms with Crippen LogP contribution in [-0.4, -0.2) is 28.3 Å². The summed E-state index contributed by atoms with van der Waals surface area (Å²) in [6, 6.07) is 0. The van der Waals surface area contributed by atoms with Crippen molar-refractivity contribution in [1.82, 2.24) is 15.3 Å². The fourth-order valence-corrected chi connectivity index (χ4v) is 1.15. The number of carbonyl (C=O) groups is 1. The highest BCUT2D eigenvalue weighted by Crippen LogP contribution is 2.01. The van der Waals surface area contributed by atoms with Crippen molar-refractivity contribution >= 4 is 17.5 Å². The Balaban J connectivity index is 2.44. The Kier molecular flexibility index (Phi) is 4.49. The van der Waals surface area contributed by atoms with Crippen molar-refractivity contribution < 1.29 is 4.79 Å². The third-order valence-corrected chi connectivity index (χ3v) is 2.31. The van der Waals surface area contributed by atoms with E-state index in [2.05, 4.69) is 15.3 Å². The first-order chi connectivity index (χ1) is 7.13. The van der Waals surface area contributed by atoms with Crippen LogP contribution < -0.4 is 5.32 Å². The van der Waals surface area contributed by atoms with Crippen LogP contribution in [0.2, 0.25) is 0 Å². The number of halogens is 1. The first kappa shape index (κ1) is 11.9. The zero-order valence-electron chi connectivity index (χ0n) is 8.88. The number of nitrogens with zero attached hydrogens (tertiary/aromatic N) is 2. The summed E-state index contributed by atoms with van der Waals surface area (Å²) < 4.78 is 0. The third-order valence-electron chi connectivity index (χ3n) is 2.07. The molecule has 0 radical (unpaired) electrons. The SMILES string of the molecule is Cc1cnc(CCNC(=O)CCl)nc1C. The maximum Gasteiger partial charge on any atom is 0.234 e. The van der Waals surface area contributed by atoms with E-state index < -0.39 is 0 Å². The molecule has 0 bridgehead atoms.